The highest BCUT2D eigenvalue weighted by molar-refractivity contribution is 6.12. The largest absolute Gasteiger partial charge is 0.497 e. The molecule has 1 unspecified atom stereocenters. The highest BCUT2D eigenvalue weighted by Gasteiger charge is 2.49. The molecule has 2 aromatic carbocycles. The number of methoxy groups -OCH3 is 1. The van der Waals surface area contributed by atoms with Gasteiger partial charge in [-0.15, -0.1) is 0 Å². The van der Waals surface area contributed by atoms with E-state index < -0.39 is 5.54 Å². The molecule has 5 rings (SSSR count). The van der Waals surface area contributed by atoms with E-state index in [1.807, 2.05) is 43.3 Å². The normalized spacial score (nSPS) is 20.2. The molecule has 1 saturated carbocycles. The SMILES string of the molecule is CCc1ccc(-c2cc3n(n2)CC(C)(C(=O)NC2CCCCC2)N(c2cccc(OC)c2)C3=O)cc1. The number of nitrogens with zero attached hydrogens (tertiary/aromatic N) is 3. The van der Waals surface area contributed by atoms with Gasteiger partial charge >= 0.3 is 0 Å². The number of hydrogen-bond acceptors (Lipinski definition) is 4. The maximum absolute atomic E-state index is 14.0. The fourth-order valence-corrected chi connectivity index (χ4v) is 5.38. The average molecular weight is 487 g/mol. The lowest BCUT2D eigenvalue weighted by atomic mass is 9.91. The van der Waals surface area contributed by atoms with Crippen molar-refractivity contribution in [1.29, 1.82) is 0 Å². The van der Waals surface area contributed by atoms with Crippen molar-refractivity contribution in [3.05, 3.63) is 65.9 Å². The maximum Gasteiger partial charge on any atom is 0.277 e. The first-order valence-corrected chi connectivity index (χ1v) is 12.9. The predicted molar refractivity (Wildman–Crippen MR) is 140 cm³/mol. The Balaban J connectivity index is 1.55. The first kappa shape index (κ1) is 24.1. The highest BCUT2D eigenvalue weighted by Crippen LogP contribution is 2.36. The van der Waals surface area contributed by atoms with Crippen molar-refractivity contribution in [3.8, 4) is 17.0 Å². The molecule has 2 amide bonds. The van der Waals surface area contributed by atoms with E-state index in [1.54, 1.807) is 22.8 Å². The lowest BCUT2D eigenvalue weighted by Gasteiger charge is -2.44. The molecule has 0 saturated heterocycles. The smallest absolute Gasteiger partial charge is 0.277 e. The van der Waals surface area contributed by atoms with Crippen LogP contribution in [0.15, 0.2) is 54.6 Å². The van der Waals surface area contributed by atoms with Crippen LogP contribution in [0.25, 0.3) is 11.3 Å². The molecule has 1 aliphatic carbocycles. The van der Waals surface area contributed by atoms with Gasteiger partial charge in [-0.3, -0.25) is 19.2 Å². The van der Waals surface area contributed by atoms with E-state index in [0.29, 0.717) is 17.1 Å². The number of nitrogens with one attached hydrogen (secondary N) is 1. The molecule has 1 atom stereocenters. The Bertz CT molecular complexity index is 1260. The van der Waals surface area contributed by atoms with Crippen molar-refractivity contribution < 1.29 is 14.3 Å². The molecule has 0 bridgehead atoms. The Morgan fingerprint density at radius 1 is 1.11 bits per heavy atom. The van der Waals surface area contributed by atoms with Crippen LogP contribution in [0.5, 0.6) is 5.75 Å². The lowest BCUT2D eigenvalue weighted by molar-refractivity contribution is -0.127. The van der Waals surface area contributed by atoms with Crippen LogP contribution in [0.2, 0.25) is 0 Å². The van der Waals surface area contributed by atoms with Gasteiger partial charge in [-0.05, 0) is 49.9 Å². The first-order valence-electron chi connectivity index (χ1n) is 12.9. The summed E-state index contributed by atoms with van der Waals surface area (Å²) in [5.74, 6) is 0.228. The van der Waals surface area contributed by atoms with E-state index in [-0.39, 0.29) is 24.4 Å². The molecule has 3 aromatic rings. The fourth-order valence-electron chi connectivity index (χ4n) is 5.38. The number of benzene rings is 2. The van der Waals surface area contributed by atoms with Gasteiger partial charge < -0.3 is 10.1 Å². The first-order chi connectivity index (χ1) is 17.4. The second-order valence-corrected chi connectivity index (χ2v) is 10.0. The number of rotatable bonds is 6. The second kappa shape index (κ2) is 9.80. The van der Waals surface area contributed by atoms with Crippen LogP contribution in [-0.2, 0) is 17.8 Å². The summed E-state index contributed by atoms with van der Waals surface area (Å²) in [5.41, 5.74) is 2.86. The van der Waals surface area contributed by atoms with Crippen LogP contribution in [0.1, 0.15) is 62.0 Å². The van der Waals surface area contributed by atoms with Crippen molar-refractivity contribution in [3.63, 3.8) is 0 Å². The van der Waals surface area contributed by atoms with Gasteiger partial charge in [0, 0.05) is 23.4 Å². The lowest BCUT2D eigenvalue weighted by Crippen LogP contribution is -2.65. The van der Waals surface area contributed by atoms with E-state index in [2.05, 4.69) is 24.4 Å². The number of anilines is 1. The van der Waals surface area contributed by atoms with E-state index >= 15 is 0 Å². The number of carbonyl (C=O) groups excluding carboxylic acids is 2. The maximum atomic E-state index is 14.0. The summed E-state index contributed by atoms with van der Waals surface area (Å²) in [5, 5.41) is 8.03. The molecular weight excluding hydrogens is 452 g/mol. The molecule has 7 nitrogen and oxygen atoms in total. The summed E-state index contributed by atoms with van der Waals surface area (Å²) >= 11 is 0. The molecule has 7 heteroatoms. The van der Waals surface area contributed by atoms with Crippen LogP contribution in [-0.4, -0.2) is 40.3 Å². The fraction of sp³-hybridized carbons (Fsp3) is 0.414. The van der Waals surface area contributed by atoms with Crippen molar-refractivity contribution >= 4 is 17.5 Å². The monoisotopic (exact) mass is 486 g/mol. The topological polar surface area (TPSA) is 76.5 Å². The number of carbonyl (C=O) groups is 2. The minimum atomic E-state index is -1.15. The Hall–Kier alpha value is -3.61. The van der Waals surface area contributed by atoms with Crippen molar-refractivity contribution in [1.82, 2.24) is 15.1 Å². The zero-order valence-electron chi connectivity index (χ0n) is 21.3. The van der Waals surface area contributed by atoms with Gasteiger partial charge in [0.25, 0.3) is 5.91 Å². The highest BCUT2D eigenvalue weighted by atomic mass is 16.5. The van der Waals surface area contributed by atoms with E-state index in [4.69, 9.17) is 9.84 Å². The van der Waals surface area contributed by atoms with Gasteiger partial charge in [-0.1, -0.05) is 56.5 Å². The summed E-state index contributed by atoms with van der Waals surface area (Å²) in [6, 6.07) is 17.5. The average Bonchev–Trinajstić information content (AvgIpc) is 3.33. The number of amides is 2. The van der Waals surface area contributed by atoms with E-state index in [1.165, 1.54) is 12.0 Å². The summed E-state index contributed by atoms with van der Waals surface area (Å²) in [6.07, 6.45) is 6.34. The third kappa shape index (κ3) is 4.38. The van der Waals surface area contributed by atoms with Gasteiger partial charge in [-0.2, -0.15) is 5.10 Å². The zero-order chi connectivity index (χ0) is 25.3. The predicted octanol–water partition coefficient (Wildman–Crippen LogP) is 4.99. The molecule has 0 radical (unpaired) electrons. The van der Waals surface area contributed by atoms with Crippen molar-refractivity contribution in [2.45, 2.75) is 70.5 Å². The minimum Gasteiger partial charge on any atom is -0.497 e. The summed E-state index contributed by atoms with van der Waals surface area (Å²) in [6.45, 7) is 4.22. The quantitative estimate of drug-likeness (QED) is 0.533. The van der Waals surface area contributed by atoms with Crippen LogP contribution in [0.3, 0.4) is 0 Å². The molecular formula is C29H34N4O3. The van der Waals surface area contributed by atoms with E-state index in [0.717, 1.165) is 43.4 Å². The summed E-state index contributed by atoms with van der Waals surface area (Å²) in [7, 11) is 1.59. The number of aryl methyl sites for hydroxylation is 1. The third-order valence-electron chi connectivity index (χ3n) is 7.55. The van der Waals surface area contributed by atoms with Crippen LogP contribution in [0.4, 0.5) is 5.69 Å². The van der Waals surface area contributed by atoms with E-state index in [9.17, 15) is 9.59 Å². The second-order valence-electron chi connectivity index (χ2n) is 10.0. The number of aromatic nitrogens is 2. The molecule has 2 heterocycles. The van der Waals surface area contributed by atoms with Crippen LogP contribution in [0, 0.1) is 0 Å². The van der Waals surface area contributed by atoms with Crippen molar-refractivity contribution in [2.75, 3.05) is 12.0 Å². The standard InChI is InChI=1S/C29H34N4O3/c1-4-20-13-15-21(16-14-20)25-18-26-27(34)33(23-11-8-12-24(17-23)36-3)29(2,19-32(26)31-25)28(35)30-22-9-6-5-7-10-22/h8,11-18,22H,4-7,9-10,19H2,1-3H3,(H,30,35). The minimum absolute atomic E-state index is 0.136. The molecule has 2 aliphatic rings. The number of ether oxygens (including phenoxy) is 1. The van der Waals surface area contributed by atoms with Crippen LogP contribution < -0.4 is 15.0 Å². The summed E-state index contributed by atoms with van der Waals surface area (Å²) < 4.78 is 7.12. The van der Waals surface area contributed by atoms with Crippen molar-refractivity contribution in [2.24, 2.45) is 0 Å². The molecule has 1 aromatic heterocycles. The molecule has 1 fully saturated rings. The Morgan fingerprint density at radius 3 is 2.56 bits per heavy atom. The van der Waals surface area contributed by atoms with Crippen LogP contribution >= 0.6 is 0 Å². The zero-order valence-corrected chi connectivity index (χ0v) is 21.3. The van der Waals surface area contributed by atoms with Gasteiger partial charge in [0.2, 0.25) is 5.91 Å². The van der Waals surface area contributed by atoms with Gasteiger partial charge in [-0.25, -0.2) is 0 Å². The molecule has 1 aliphatic heterocycles. The number of fused-ring (bicyclic) bond motifs is 1. The molecule has 36 heavy (non-hydrogen) atoms. The Labute approximate surface area is 212 Å². The molecule has 0 spiro atoms. The van der Waals surface area contributed by atoms with Gasteiger partial charge in [0.1, 0.15) is 17.0 Å². The van der Waals surface area contributed by atoms with Gasteiger partial charge in [0.15, 0.2) is 0 Å². The Morgan fingerprint density at radius 2 is 1.86 bits per heavy atom. The summed E-state index contributed by atoms with van der Waals surface area (Å²) in [4.78, 5) is 29.5. The Kier molecular flexibility index (Phi) is 6.56. The molecule has 188 valence electrons. The van der Waals surface area contributed by atoms with Gasteiger partial charge in [0.05, 0.1) is 19.3 Å². The molecule has 1 N–H and O–H groups in total. The third-order valence-corrected chi connectivity index (χ3v) is 7.55. The number of hydrogen-bond donors (Lipinski definition) is 1.